The first kappa shape index (κ1) is 52.3. The molecule has 0 aliphatic heterocycles. The number of aromatic nitrogens is 2. The number of allylic oxidation sites excluding steroid dienone is 1. The van der Waals surface area contributed by atoms with E-state index in [0.29, 0.717) is 0 Å². The Morgan fingerprint density at radius 3 is 1.27 bits per heavy atom. The molecular formula is C84H59N3Si. The topological polar surface area (TPSA) is 12.6 Å². The minimum atomic E-state index is -2.63. The van der Waals surface area contributed by atoms with Gasteiger partial charge < -0.3 is 13.9 Å². The third kappa shape index (κ3) is 8.56. The van der Waals surface area contributed by atoms with Crippen LogP contribution in [0.3, 0.4) is 0 Å². The Labute approximate surface area is 513 Å². The van der Waals surface area contributed by atoms with Gasteiger partial charge in [-0.3, -0.25) is 0 Å². The van der Waals surface area contributed by atoms with E-state index in [2.05, 4.69) is 355 Å². The maximum absolute atomic E-state index is 4.58. The summed E-state index contributed by atoms with van der Waals surface area (Å²) < 4.78 is 4.70. The lowest BCUT2D eigenvalue weighted by atomic mass is 9.98. The van der Waals surface area contributed by atoms with E-state index in [1.54, 1.807) is 0 Å². The zero-order chi connectivity index (χ0) is 58.7. The Hall–Kier alpha value is -11.3. The van der Waals surface area contributed by atoms with Gasteiger partial charge in [-0.1, -0.05) is 268 Å². The molecule has 0 fully saturated rings. The van der Waals surface area contributed by atoms with Gasteiger partial charge in [-0.2, -0.15) is 0 Å². The van der Waals surface area contributed by atoms with Crippen molar-refractivity contribution in [3.05, 3.63) is 345 Å². The predicted molar refractivity (Wildman–Crippen MR) is 377 cm³/mol. The lowest BCUT2D eigenvalue weighted by molar-refractivity contribution is 1.18. The molecule has 3 nitrogen and oxygen atoms in total. The molecular weight excluding hydrogens is 1080 g/mol. The van der Waals surface area contributed by atoms with Gasteiger partial charge in [0.25, 0.3) is 0 Å². The summed E-state index contributed by atoms with van der Waals surface area (Å²) in [5.74, 6) is 0. The number of rotatable bonds is 13. The van der Waals surface area contributed by atoms with Crippen molar-refractivity contribution in [2.75, 3.05) is 4.90 Å². The van der Waals surface area contributed by atoms with Crippen LogP contribution >= 0.6 is 0 Å². The highest BCUT2D eigenvalue weighted by molar-refractivity contribution is 7.19. The zero-order valence-corrected chi connectivity index (χ0v) is 49.5. The number of fused-ring (bicyclic) bond motifs is 6. The highest BCUT2D eigenvalue weighted by atomic mass is 28.3. The van der Waals surface area contributed by atoms with Gasteiger partial charge in [0.05, 0.1) is 22.1 Å². The van der Waals surface area contributed by atoms with Crippen LogP contribution < -0.4 is 36.2 Å². The van der Waals surface area contributed by atoms with Gasteiger partial charge in [0.1, 0.15) is 0 Å². The van der Waals surface area contributed by atoms with Crippen molar-refractivity contribution < 1.29 is 0 Å². The van der Waals surface area contributed by atoms with E-state index < -0.39 is 8.07 Å². The number of hydrogen-bond donors (Lipinski definition) is 0. The standard InChI is InChI=1S/C84H59N3Si/c1-3-21-74-58(2)85-80-33-18-16-30-76(80)79-57-65(56-78(74)84(79)85)63-42-50-68(51-43-63)86(69-52-44-64(45-53-69)75-32-20-35-82-83(75)77-31-17-19-34-81(77)87(82)66-22-8-4-9-23-66)67-48-40-61(41-49-67)59-36-38-60(39-37-59)62-46-54-73(55-47-62)88(70-24-10-5-11-25-70,71-26-12-6-13-27-71)72-28-14-7-15-29-72/h3-57H,1-2H2. The normalized spacial score (nSPS) is 12.0. The van der Waals surface area contributed by atoms with Crippen LogP contribution in [0.2, 0.25) is 0 Å². The van der Waals surface area contributed by atoms with Crippen LogP contribution in [0.4, 0.5) is 17.1 Å². The molecule has 0 amide bonds. The third-order valence-electron chi connectivity index (χ3n) is 18.1. The molecule has 0 spiro atoms. The van der Waals surface area contributed by atoms with Crippen LogP contribution in [-0.2, 0) is 0 Å². The fraction of sp³-hybridized carbons (Fsp3) is 0. The van der Waals surface area contributed by atoms with Crippen molar-refractivity contribution in [3.63, 3.8) is 0 Å². The first-order valence-electron chi connectivity index (χ1n) is 30.2. The van der Waals surface area contributed by atoms with E-state index in [1.165, 1.54) is 86.4 Å². The van der Waals surface area contributed by atoms with E-state index in [0.717, 1.165) is 61.1 Å². The summed E-state index contributed by atoms with van der Waals surface area (Å²) >= 11 is 0. The Morgan fingerprint density at radius 1 is 0.330 bits per heavy atom. The molecule has 4 heteroatoms. The molecule has 0 radical (unpaired) electrons. The van der Waals surface area contributed by atoms with E-state index in [9.17, 15) is 0 Å². The maximum atomic E-state index is 4.58. The molecule has 0 atom stereocenters. The SMILES string of the molecule is C=CC=c1c(=C)n2c3ccccc3c3cc(-c4ccc(N(c5ccc(-c6ccc(-c7ccc([Si](c8ccccc8)(c8ccccc8)c8ccccc8)cc7)cc6)cc5)c5ccc(-c6cccc7c6c6ccccc6n7-c6ccccc6)cc5)cc4)cc1c32. The zero-order valence-electron chi connectivity index (χ0n) is 48.5. The molecule has 0 aliphatic carbocycles. The van der Waals surface area contributed by atoms with Crippen molar-refractivity contribution in [2.45, 2.75) is 0 Å². The molecule has 88 heavy (non-hydrogen) atoms. The van der Waals surface area contributed by atoms with Crippen molar-refractivity contribution in [1.82, 2.24) is 8.97 Å². The first-order valence-corrected chi connectivity index (χ1v) is 32.2. The molecule has 13 aromatic carbocycles. The van der Waals surface area contributed by atoms with Crippen molar-refractivity contribution in [3.8, 4) is 50.2 Å². The number of nitrogens with zero attached hydrogens (tertiary/aromatic N) is 3. The van der Waals surface area contributed by atoms with Crippen LogP contribution in [-0.4, -0.2) is 17.0 Å². The first-order chi connectivity index (χ1) is 43.5. The number of hydrogen-bond acceptors (Lipinski definition) is 1. The molecule has 0 saturated heterocycles. The lowest BCUT2D eigenvalue weighted by Gasteiger charge is -2.34. The molecule has 16 rings (SSSR count). The summed E-state index contributed by atoms with van der Waals surface area (Å²) in [7, 11) is -2.63. The second kappa shape index (κ2) is 21.6. The van der Waals surface area contributed by atoms with Crippen molar-refractivity contribution in [1.29, 1.82) is 0 Å². The average Bonchev–Trinajstić information content (AvgIpc) is 1.55. The molecule has 16 aromatic rings. The third-order valence-corrected chi connectivity index (χ3v) is 22.9. The summed E-state index contributed by atoms with van der Waals surface area (Å²) in [5, 5.41) is 13.7. The Bertz CT molecular complexity index is 5250. The smallest absolute Gasteiger partial charge is 0.179 e. The molecule has 0 aliphatic rings. The minimum absolute atomic E-state index is 0.977. The predicted octanol–water partition coefficient (Wildman–Crippen LogP) is 17.7. The quantitative estimate of drug-likeness (QED) is 0.0828. The summed E-state index contributed by atoms with van der Waals surface area (Å²) in [4.78, 5) is 2.38. The average molecular weight is 1140 g/mol. The van der Waals surface area contributed by atoms with Gasteiger partial charge in [-0.05, 0) is 144 Å². The number of para-hydroxylation sites is 3. The fourth-order valence-corrected chi connectivity index (χ4v) is 18.9. The molecule has 0 bridgehead atoms. The van der Waals surface area contributed by atoms with Crippen LogP contribution in [0.25, 0.3) is 112 Å². The fourth-order valence-electron chi connectivity index (χ4n) is 14.1. The second-order valence-corrected chi connectivity index (χ2v) is 26.7. The molecule has 414 valence electrons. The van der Waals surface area contributed by atoms with Gasteiger partial charge in [-0.25, -0.2) is 0 Å². The lowest BCUT2D eigenvalue weighted by Crippen LogP contribution is -2.74. The summed E-state index contributed by atoms with van der Waals surface area (Å²) in [6, 6.07) is 119. The summed E-state index contributed by atoms with van der Waals surface area (Å²) in [6.07, 6.45) is 3.96. The van der Waals surface area contributed by atoms with Gasteiger partial charge in [0, 0.05) is 60.2 Å². The molecule has 0 unspecified atom stereocenters. The van der Waals surface area contributed by atoms with E-state index >= 15 is 0 Å². The Morgan fingerprint density at radius 2 is 0.739 bits per heavy atom. The molecule has 0 N–H and O–H groups in total. The largest absolute Gasteiger partial charge is 0.311 e. The molecule has 3 heterocycles. The van der Waals surface area contributed by atoms with Crippen LogP contribution in [0.1, 0.15) is 0 Å². The van der Waals surface area contributed by atoms with Gasteiger partial charge >= 0.3 is 0 Å². The monoisotopic (exact) mass is 1140 g/mol. The second-order valence-electron chi connectivity index (χ2n) is 22.9. The Kier molecular flexibility index (Phi) is 12.9. The van der Waals surface area contributed by atoms with Gasteiger partial charge in [0.2, 0.25) is 0 Å². The van der Waals surface area contributed by atoms with E-state index in [4.69, 9.17) is 0 Å². The summed E-state index contributed by atoms with van der Waals surface area (Å²) in [5.41, 5.74) is 18.4. The number of benzene rings is 13. The summed E-state index contributed by atoms with van der Waals surface area (Å²) in [6.45, 7) is 8.65. The highest BCUT2D eigenvalue weighted by Crippen LogP contribution is 2.42. The van der Waals surface area contributed by atoms with Crippen LogP contribution in [0.15, 0.2) is 334 Å². The van der Waals surface area contributed by atoms with Crippen LogP contribution in [0.5, 0.6) is 0 Å². The molecule has 0 saturated carbocycles. The van der Waals surface area contributed by atoms with Gasteiger partial charge in [-0.15, -0.1) is 0 Å². The van der Waals surface area contributed by atoms with Gasteiger partial charge in [0.15, 0.2) is 8.07 Å². The molecule has 3 aromatic heterocycles. The maximum Gasteiger partial charge on any atom is 0.179 e. The van der Waals surface area contributed by atoms with Crippen molar-refractivity contribution in [2.24, 2.45) is 0 Å². The van der Waals surface area contributed by atoms with Crippen molar-refractivity contribution >= 4 is 108 Å². The number of anilines is 3. The Balaban J connectivity index is 0.754. The highest BCUT2D eigenvalue weighted by Gasteiger charge is 2.41. The van der Waals surface area contributed by atoms with Crippen LogP contribution in [0, 0.1) is 0 Å². The minimum Gasteiger partial charge on any atom is -0.311 e. The van der Waals surface area contributed by atoms with E-state index in [-0.39, 0.29) is 0 Å². The van der Waals surface area contributed by atoms with E-state index in [1.807, 2.05) is 6.08 Å².